The van der Waals surface area contributed by atoms with E-state index in [4.69, 9.17) is 0 Å². The third kappa shape index (κ3) is 2.95. The molecule has 0 fully saturated rings. The molecule has 0 bridgehead atoms. The Morgan fingerprint density at radius 2 is 1.14 bits per heavy atom. The summed E-state index contributed by atoms with van der Waals surface area (Å²) in [6, 6.07) is 17.0. The van der Waals surface area contributed by atoms with E-state index < -0.39 is 0 Å². The predicted octanol–water partition coefficient (Wildman–Crippen LogP) is 6.28. The monoisotopic (exact) mass is 384 g/mol. The van der Waals surface area contributed by atoms with Crippen molar-refractivity contribution in [1.29, 1.82) is 0 Å². The van der Waals surface area contributed by atoms with E-state index in [1.165, 1.54) is 27.8 Å². The van der Waals surface area contributed by atoms with Crippen LogP contribution in [-0.4, -0.2) is 10.2 Å². The van der Waals surface area contributed by atoms with E-state index in [-0.39, 0.29) is 5.41 Å². The van der Waals surface area contributed by atoms with Gasteiger partial charge in [0.05, 0.1) is 0 Å². The van der Waals surface area contributed by atoms with Crippen LogP contribution >= 0.6 is 0 Å². The Morgan fingerprint density at radius 3 is 1.62 bits per heavy atom. The SMILES string of the molecule is CC1=Cc2ccccc2CC1(c1cc(C)c(O)c(C)c1)c1cc(C)c(O)c(C)c1. The minimum Gasteiger partial charge on any atom is -0.507 e. The van der Waals surface area contributed by atoms with E-state index in [0.29, 0.717) is 11.5 Å². The Kier molecular flexibility index (Phi) is 4.53. The number of hydrogen-bond donors (Lipinski definition) is 2. The van der Waals surface area contributed by atoms with Crippen LogP contribution in [0, 0.1) is 27.7 Å². The summed E-state index contributed by atoms with van der Waals surface area (Å²) in [7, 11) is 0. The molecule has 3 aromatic rings. The molecule has 0 radical (unpaired) electrons. The fourth-order valence-corrected chi connectivity index (χ4v) is 4.85. The number of aromatic hydroxyl groups is 2. The molecule has 0 aliphatic heterocycles. The van der Waals surface area contributed by atoms with Crippen molar-refractivity contribution in [3.05, 3.63) is 98.6 Å². The first-order valence-corrected chi connectivity index (χ1v) is 10.1. The van der Waals surface area contributed by atoms with Crippen molar-refractivity contribution in [3.63, 3.8) is 0 Å². The van der Waals surface area contributed by atoms with Crippen LogP contribution in [-0.2, 0) is 11.8 Å². The van der Waals surface area contributed by atoms with Crippen LogP contribution in [0.5, 0.6) is 11.5 Å². The second-order valence-corrected chi connectivity index (χ2v) is 8.53. The van der Waals surface area contributed by atoms with Gasteiger partial charge in [0.25, 0.3) is 0 Å². The van der Waals surface area contributed by atoms with Crippen molar-refractivity contribution in [2.45, 2.75) is 46.5 Å². The van der Waals surface area contributed by atoms with Gasteiger partial charge in [-0.3, -0.25) is 0 Å². The van der Waals surface area contributed by atoms with Crippen LogP contribution < -0.4 is 0 Å². The molecule has 29 heavy (non-hydrogen) atoms. The minimum absolute atomic E-state index is 0.346. The summed E-state index contributed by atoms with van der Waals surface area (Å²) in [6.45, 7) is 10.0. The molecule has 1 aliphatic carbocycles. The van der Waals surface area contributed by atoms with Gasteiger partial charge in [-0.2, -0.15) is 0 Å². The highest BCUT2D eigenvalue weighted by atomic mass is 16.3. The lowest BCUT2D eigenvalue weighted by molar-refractivity contribution is 0.464. The van der Waals surface area contributed by atoms with Gasteiger partial charge in [-0.25, -0.2) is 0 Å². The summed E-state index contributed by atoms with van der Waals surface area (Å²) >= 11 is 0. The zero-order chi connectivity index (χ0) is 20.9. The molecule has 4 rings (SSSR count). The van der Waals surface area contributed by atoms with Crippen LogP contribution in [0.25, 0.3) is 6.08 Å². The summed E-state index contributed by atoms with van der Waals surface area (Å²) in [5.74, 6) is 0.722. The van der Waals surface area contributed by atoms with Crippen molar-refractivity contribution in [2.24, 2.45) is 0 Å². The lowest BCUT2D eigenvalue weighted by atomic mass is 9.62. The number of phenolic OH excluding ortho intramolecular Hbond substituents is 2. The van der Waals surface area contributed by atoms with Gasteiger partial charge in [-0.1, -0.05) is 60.2 Å². The van der Waals surface area contributed by atoms with Crippen molar-refractivity contribution in [2.75, 3.05) is 0 Å². The maximum atomic E-state index is 10.4. The van der Waals surface area contributed by atoms with Crippen molar-refractivity contribution >= 4 is 6.08 Å². The summed E-state index contributed by atoms with van der Waals surface area (Å²) < 4.78 is 0. The summed E-state index contributed by atoms with van der Waals surface area (Å²) in [5.41, 5.74) is 9.40. The van der Waals surface area contributed by atoms with Crippen molar-refractivity contribution in [3.8, 4) is 11.5 Å². The second-order valence-electron chi connectivity index (χ2n) is 8.53. The summed E-state index contributed by atoms with van der Waals surface area (Å²) in [4.78, 5) is 0. The standard InChI is InChI=1S/C27H28O2/c1-16-10-23(11-17(2)25(16)28)27(24-12-18(3)26(29)19(4)13-24)15-22-9-7-6-8-21(22)14-20(27)5/h6-14,28-29H,15H2,1-5H3. The molecule has 0 atom stereocenters. The Morgan fingerprint density at radius 1 is 0.690 bits per heavy atom. The Labute approximate surface area is 173 Å². The molecule has 1 aliphatic rings. The third-order valence-corrected chi connectivity index (χ3v) is 6.52. The maximum absolute atomic E-state index is 10.4. The maximum Gasteiger partial charge on any atom is 0.121 e. The molecular weight excluding hydrogens is 356 g/mol. The molecule has 0 saturated heterocycles. The van der Waals surface area contributed by atoms with Crippen LogP contribution in [0.15, 0.2) is 54.1 Å². The predicted molar refractivity (Wildman–Crippen MR) is 120 cm³/mol. The molecular formula is C27H28O2. The van der Waals surface area contributed by atoms with Gasteiger partial charge < -0.3 is 10.2 Å². The number of hydrogen-bond acceptors (Lipinski definition) is 2. The van der Waals surface area contributed by atoms with Crippen LogP contribution in [0.4, 0.5) is 0 Å². The molecule has 0 saturated carbocycles. The number of rotatable bonds is 2. The van der Waals surface area contributed by atoms with Crippen molar-refractivity contribution in [1.82, 2.24) is 0 Å². The van der Waals surface area contributed by atoms with Gasteiger partial charge in [0.1, 0.15) is 11.5 Å². The van der Waals surface area contributed by atoms with Crippen LogP contribution in [0.3, 0.4) is 0 Å². The highest BCUT2D eigenvalue weighted by Gasteiger charge is 2.40. The van der Waals surface area contributed by atoms with Crippen LogP contribution in [0.2, 0.25) is 0 Å². The Bertz CT molecular complexity index is 1050. The molecule has 0 amide bonds. The molecule has 2 heteroatoms. The normalized spacial score (nSPS) is 15.0. The molecule has 2 nitrogen and oxygen atoms in total. The van der Waals surface area contributed by atoms with E-state index in [1.54, 1.807) is 0 Å². The van der Waals surface area contributed by atoms with Gasteiger partial charge in [-0.15, -0.1) is 0 Å². The second kappa shape index (κ2) is 6.81. The first-order chi connectivity index (χ1) is 13.7. The highest BCUT2D eigenvalue weighted by molar-refractivity contribution is 5.69. The average molecular weight is 385 g/mol. The van der Waals surface area contributed by atoms with E-state index in [9.17, 15) is 10.2 Å². The molecule has 0 aromatic heterocycles. The molecule has 148 valence electrons. The first kappa shape index (κ1) is 19.3. The number of allylic oxidation sites excluding steroid dienone is 1. The van der Waals surface area contributed by atoms with Gasteiger partial charge in [0.2, 0.25) is 0 Å². The number of phenols is 2. The lowest BCUT2D eigenvalue weighted by Crippen LogP contribution is -2.34. The van der Waals surface area contributed by atoms with Gasteiger partial charge in [-0.05, 0) is 85.5 Å². The summed E-state index contributed by atoms with van der Waals surface area (Å²) in [6.07, 6.45) is 3.13. The first-order valence-electron chi connectivity index (χ1n) is 10.1. The topological polar surface area (TPSA) is 40.5 Å². The molecule has 0 spiro atoms. The number of benzene rings is 3. The Hall–Kier alpha value is -3.00. The number of fused-ring (bicyclic) bond motifs is 1. The van der Waals surface area contributed by atoms with E-state index >= 15 is 0 Å². The lowest BCUT2D eigenvalue weighted by Gasteiger charge is -2.40. The minimum atomic E-state index is -0.346. The molecule has 2 N–H and O–H groups in total. The van der Waals surface area contributed by atoms with Crippen LogP contribution in [0.1, 0.15) is 51.4 Å². The van der Waals surface area contributed by atoms with E-state index in [2.05, 4.69) is 61.5 Å². The smallest absolute Gasteiger partial charge is 0.121 e. The molecule has 0 heterocycles. The van der Waals surface area contributed by atoms with E-state index in [0.717, 1.165) is 28.7 Å². The third-order valence-electron chi connectivity index (χ3n) is 6.52. The fraction of sp³-hybridized carbons (Fsp3) is 0.259. The average Bonchev–Trinajstić information content (AvgIpc) is 2.69. The zero-order valence-corrected chi connectivity index (χ0v) is 17.8. The highest BCUT2D eigenvalue weighted by Crippen LogP contribution is 2.48. The molecule has 0 unspecified atom stereocenters. The van der Waals surface area contributed by atoms with Gasteiger partial charge in [0, 0.05) is 5.41 Å². The zero-order valence-electron chi connectivity index (χ0n) is 17.8. The largest absolute Gasteiger partial charge is 0.507 e. The quantitative estimate of drug-likeness (QED) is 0.546. The van der Waals surface area contributed by atoms with E-state index in [1.807, 2.05) is 27.7 Å². The number of aryl methyl sites for hydroxylation is 4. The van der Waals surface area contributed by atoms with Crippen molar-refractivity contribution < 1.29 is 10.2 Å². The fourth-order valence-electron chi connectivity index (χ4n) is 4.85. The summed E-state index contributed by atoms with van der Waals surface area (Å²) in [5, 5.41) is 20.8. The Balaban J connectivity index is 2.07. The molecule has 3 aromatic carbocycles. The van der Waals surface area contributed by atoms with Gasteiger partial charge >= 0.3 is 0 Å². The van der Waals surface area contributed by atoms with Gasteiger partial charge in [0.15, 0.2) is 0 Å².